The molecule has 0 radical (unpaired) electrons. The van der Waals surface area contributed by atoms with Crippen LogP contribution in [-0.2, 0) is 0 Å². The van der Waals surface area contributed by atoms with Gasteiger partial charge >= 0.3 is 0 Å². The smallest absolute Gasteiger partial charge is 0.143 e. The number of anilines is 1. The summed E-state index contributed by atoms with van der Waals surface area (Å²) in [6.07, 6.45) is -0.960. The van der Waals surface area contributed by atoms with Crippen molar-refractivity contribution in [2.75, 3.05) is 32.7 Å². The van der Waals surface area contributed by atoms with Crippen LogP contribution in [0.3, 0.4) is 0 Å². The minimum atomic E-state index is -0.960. The summed E-state index contributed by atoms with van der Waals surface area (Å²) in [6.45, 7) is 4.41. The van der Waals surface area contributed by atoms with Gasteiger partial charge in [-0.3, -0.25) is 0 Å². The second kappa shape index (κ2) is 8.62. The Morgan fingerprint density at radius 1 is 1.08 bits per heavy atom. The van der Waals surface area contributed by atoms with Crippen molar-refractivity contribution in [1.29, 1.82) is 0 Å². The molecular weight excluding hydrogens is 354 g/mol. The van der Waals surface area contributed by atoms with Crippen molar-refractivity contribution in [3.63, 3.8) is 0 Å². The van der Waals surface area contributed by atoms with Crippen LogP contribution < -0.4 is 14.8 Å². The topological polar surface area (TPSA) is 71.0 Å². The maximum absolute atomic E-state index is 11.0. The van der Waals surface area contributed by atoms with Crippen molar-refractivity contribution in [3.8, 4) is 11.5 Å². The van der Waals surface area contributed by atoms with Gasteiger partial charge < -0.3 is 25.0 Å². The van der Waals surface area contributed by atoms with E-state index in [1.807, 2.05) is 26.0 Å². The quantitative estimate of drug-likeness (QED) is 0.649. The molecule has 0 aliphatic carbocycles. The van der Waals surface area contributed by atoms with E-state index in [-0.39, 0.29) is 12.0 Å². The number of nitrogens with one attached hydrogen (secondary N) is 1. The lowest BCUT2D eigenvalue weighted by Gasteiger charge is -2.26. The molecule has 2 rings (SSSR count). The van der Waals surface area contributed by atoms with E-state index < -0.39 is 6.10 Å². The summed E-state index contributed by atoms with van der Waals surface area (Å²) in [5.74, 6) is 1.11. The predicted molar refractivity (Wildman–Crippen MR) is 104 cm³/mol. The number of aliphatic hydroxyl groups excluding tert-OH is 2. The van der Waals surface area contributed by atoms with Crippen LogP contribution in [0.4, 0.5) is 5.69 Å². The Morgan fingerprint density at radius 2 is 1.73 bits per heavy atom. The number of benzene rings is 2. The van der Waals surface area contributed by atoms with Crippen LogP contribution in [0.5, 0.6) is 11.5 Å². The summed E-state index contributed by atoms with van der Waals surface area (Å²) in [6, 6.07) is 10.7. The van der Waals surface area contributed by atoms with Crippen molar-refractivity contribution in [2.24, 2.45) is 5.41 Å². The first-order valence-corrected chi connectivity index (χ1v) is 8.74. The molecule has 0 heterocycles. The molecule has 0 saturated heterocycles. The molecule has 0 aromatic heterocycles. The summed E-state index contributed by atoms with van der Waals surface area (Å²) < 4.78 is 10.8. The van der Waals surface area contributed by atoms with Crippen LogP contribution in [0.1, 0.15) is 31.1 Å². The van der Waals surface area contributed by atoms with Gasteiger partial charge in [-0.05, 0) is 12.1 Å². The summed E-state index contributed by atoms with van der Waals surface area (Å²) >= 11 is 6.23. The molecule has 142 valence electrons. The fourth-order valence-corrected chi connectivity index (χ4v) is 2.83. The molecule has 26 heavy (non-hydrogen) atoms. The molecule has 1 atom stereocenters. The van der Waals surface area contributed by atoms with Crippen LogP contribution in [0.2, 0.25) is 5.02 Å². The SMILES string of the molecule is COc1ccccc1[C@@H](O)c1cc(Cl)cc(OC)c1NCC(C)(C)CO. The van der Waals surface area contributed by atoms with Gasteiger partial charge in [0.25, 0.3) is 0 Å². The van der Waals surface area contributed by atoms with Crippen molar-refractivity contribution >= 4 is 17.3 Å². The number of hydrogen-bond acceptors (Lipinski definition) is 5. The highest BCUT2D eigenvalue weighted by molar-refractivity contribution is 6.31. The molecule has 0 saturated carbocycles. The third-order valence-corrected chi connectivity index (χ3v) is 4.44. The van der Waals surface area contributed by atoms with Crippen molar-refractivity contribution in [1.82, 2.24) is 0 Å². The molecule has 6 heteroatoms. The number of para-hydroxylation sites is 1. The first-order valence-electron chi connectivity index (χ1n) is 8.36. The average Bonchev–Trinajstić information content (AvgIpc) is 2.65. The van der Waals surface area contributed by atoms with Gasteiger partial charge in [-0.2, -0.15) is 0 Å². The zero-order chi connectivity index (χ0) is 19.3. The normalized spacial score (nSPS) is 12.6. The van der Waals surface area contributed by atoms with Crippen LogP contribution >= 0.6 is 11.6 Å². The van der Waals surface area contributed by atoms with Crippen LogP contribution in [0.25, 0.3) is 0 Å². The highest BCUT2D eigenvalue weighted by Crippen LogP contribution is 2.40. The summed E-state index contributed by atoms with van der Waals surface area (Å²) in [5, 5.41) is 24.3. The Kier molecular flexibility index (Phi) is 6.75. The fourth-order valence-electron chi connectivity index (χ4n) is 2.61. The minimum absolute atomic E-state index is 0.0281. The Hall–Kier alpha value is -1.95. The van der Waals surface area contributed by atoms with Crippen molar-refractivity contribution in [2.45, 2.75) is 20.0 Å². The second-order valence-corrected chi connectivity index (χ2v) is 7.33. The second-order valence-electron chi connectivity index (χ2n) is 6.89. The van der Waals surface area contributed by atoms with Gasteiger partial charge in [0, 0.05) is 40.8 Å². The Labute approximate surface area is 159 Å². The highest BCUT2D eigenvalue weighted by Gasteiger charge is 2.24. The molecule has 0 aliphatic heterocycles. The minimum Gasteiger partial charge on any atom is -0.496 e. The van der Waals surface area contributed by atoms with Crippen molar-refractivity contribution < 1.29 is 19.7 Å². The Bertz CT molecular complexity index is 749. The number of hydrogen-bond donors (Lipinski definition) is 3. The number of aliphatic hydroxyl groups is 2. The molecule has 0 spiro atoms. The molecular formula is C20H26ClNO4. The van der Waals surface area contributed by atoms with E-state index in [2.05, 4.69) is 5.32 Å². The first-order chi connectivity index (χ1) is 12.3. The number of methoxy groups -OCH3 is 2. The third-order valence-electron chi connectivity index (χ3n) is 4.22. The molecule has 0 unspecified atom stereocenters. The zero-order valence-electron chi connectivity index (χ0n) is 15.5. The fraction of sp³-hybridized carbons (Fsp3) is 0.400. The van der Waals surface area contributed by atoms with Gasteiger partial charge in [-0.15, -0.1) is 0 Å². The molecule has 2 aromatic carbocycles. The Morgan fingerprint density at radius 3 is 2.35 bits per heavy atom. The standard InChI is InChI=1S/C20H26ClNO4/c1-20(2,12-23)11-22-18-15(9-13(21)10-17(18)26-4)19(24)14-7-5-6-8-16(14)25-3/h5-10,19,22-24H,11-12H2,1-4H3/t19-/m1/s1. The Balaban J connectivity index is 2.50. The lowest BCUT2D eigenvalue weighted by atomic mass is 9.93. The average molecular weight is 380 g/mol. The van der Waals surface area contributed by atoms with E-state index in [0.29, 0.717) is 39.9 Å². The zero-order valence-corrected chi connectivity index (χ0v) is 16.3. The maximum atomic E-state index is 11.0. The van der Waals surface area contributed by atoms with E-state index in [4.69, 9.17) is 21.1 Å². The molecule has 0 amide bonds. The monoisotopic (exact) mass is 379 g/mol. The molecule has 2 aromatic rings. The lowest BCUT2D eigenvalue weighted by Crippen LogP contribution is -2.27. The van der Waals surface area contributed by atoms with Gasteiger partial charge in [-0.1, -0.05) is 43.6 Å². The molecule has 0 bridgehead atoms. The van der Waals surface area contributed by atoms with Gasteiger partial charge in [0.1, 0.15) is 17.6 Å². The predicted octanol–water partition coefficient (Wildman–Crippen LogP) is 3.87. The van der Waals surface area contributed by atoms with Gasteiger partial charge in [-0.25, -0.2) is 0 Å². The van der Waals surface area contributed by atoms with Gasteiger partial charge in [0.05, 0.1) is 19.9 Å². The lowest BCUT2D eigenvalue weighted by molar-refractivity contribution is 0.170. The van der Waals surface area contributed by atoms with Gasteiger partial charge in [0.15, 0.2) is 0 Å². The van der Waals surface area contributed by atoms with Crippen LogP contribution in [-0.4, -0.2) is 37.6 Å². The summed E-state index contributed by atoms with van der Waals surface area (Å²) in [4.78, 5) is 0. The number of ether oxygens (including phenoxy) is 2. The summed E-state index contributed by atoms with van der Waals surface area (Å²) in [7, 11) is 3.11. The van der Waals surface area contributed by atoms with Crippen LogP contribution in [0.15, 0.2) is 36.4 Å². The van der Waals surface area contributed by atoms with Crippen molar-refractivity contribution in [3.05, 3.63) is 52.5 Å². The highest BCUT2D eigenvalue weighted by atomic mass is 35.5. The molecule has 0 fully saturated rings. The van der Waals surface area contributed by atoms with Crippen LogP contribution in [0, 0.1) is 5.41 Å². The van der Waals surface area contributed by atoms with E-state index in [0.717, 1.165) is 0 Å². The third kappa shape index (κ3) is 4.61. The van der Waals surface area contributed by atoms with E-state index in [1.54, 1.807) is 38.5 Å². The largest absolute Gasteiger partial charge is 0.496 e. The van der Waals surface area contributed by atoms with Gasteiger partial charge in [0.2, 0.25) is 0 Å². The van der Waals surface area contributed by atoms with E-state index in [9.17, 15) is 10.2 Å². The van der Waals surface area contributed by atoms with E-state index >= 15 is 0 Å². The number of rotatable bonds is 8. The number of halogens is 1. The maximum Gasteiger partial charge on any atom is 0.143 e. The molecule has 0 aliphatic rings. The summed E-state index contributed by atoms with van der Waals surface area (Å²) in [5.41, 5.74) is 1.50. The molecule has 3 N–H and O–H groups in total. The van der Waals surface area contributed by atoms with E-state index in [1.165, 1.54) is 0 Å². The first kappa shape index (κ1) is 20.4. The molecule has 5 nitrogen and oxygen atoms in total.